The van der Waals surface area contributed by atoms with E-state index in [1.54, 1.807) is 6.20 Å². The van der Waals surface area contributed by atoms with Crippen LogP contribution in [0, 0.1) is 6.92 Å². The third-order valence-corrected chi connectivity index (χ3v) is 2.14. The van der Waals surface area contributed by atoms with Gasteiger partial charge >= 0.3 is 0 Å². The highest BCUT2D eigenvalue weighted by Crippen LogP contribution is 2.11. The second kappa shape index (κ2) is 5.78. The van der Waals surface area contributed by atoms with Gasteiger partial charge in [-0.2, -0.15) is 0 Å². The van der Waals surface area contributed by atoms with Crippen molar-refractivity contribution < 1.29 is 4.74 Å². The van der Waals surface area contributed by atoms with E-state index in [4.69, 9.17) is 10.5 Å². The first kappa shape index (κ1) is 12.1. The predicted octanol–water partition coefficient (Wildman–Crippen LogP) is 1.73. The van der Waals surface area contributed by atoms with E-state index in [1.165, 1.54) is 0 Å². The van der Waals surface area contributed by atoms with Crippen LogP contribution < -0.4 is 5.73 Å². The summed E-state index contributed by atoms with van der Waals surface area (Å²) in [6, 6.07) is -0.0180. The molecule has 0 aromatic carbocycles. The Bertz CT molecular complexity index is 313. The Morgan fingerprint density at radius 2 is 2.27 bits per heavy atom. The average molecular weight is 209 g/mol. The van der Waals surface area contributed by atoms with Gasteiger partial charge in [0, 0.05) is 30.1 Å². The van der Waals surface area contributed by atoms with E-state index in [1.807, 2.05) is 13.8 Å². The molecule has 0 aliphatic carbocycles. The molecule has 1 aromatic heterocycles. The van der Waals surface area contributed by atoms with Gasteiger partial charge in [-0.25, -0.2) is 9.97 Å². The maximum absolute atomic E-state index is 5.78. The van der Waals surface area contributed by atoms with Crippen molar-refractivity contribution in [2.24, 2.45) is 5.73 Å². The van der Waals surface area contributed by atoms with E-state index in [2.05, 4.69) is 16.9 Å². The van der Waals surface area contributed by atoms with E-state index < -0.39 is 0 Å². The molecule has 1 rings (SSSR count). The van der Waals surface area contributed by atoms with Crippen LogP contribution in [0.2, 0.25) is 0 Å². The highest BCUT2D eigenvalue weighted by Gasteiger charge is 2.06. The molecule has 0 amide bonds. The van der Waals surface area contributed by atoms with Crippen LogP contribution >= 0.6 is 0 Å². The zero-order chi connectivity index (χ0) is 11.3. The van der Waals surface area contributed by atoms with Crippen LogP contribution in [0.1, 0.15) is 43.4 Å². The first-order valence-corrected chi connectivity index (χ1v) is 5.31. The number of ether oxygens (including phenoxy) is 1. The van der Waals surface area contributed by atoms with Crippen LogP contribution in [-0.4, -0.2) is 16.6 Å². The molecule has 15 heavy (non-hydrogen) atoms. The van der Waals surface area contributed by atoms with Crippen molar-refractivity contribution in [1.82, 2.24) is 9.97 Å². The molecule has 0 unspecified atom stereocenters. The van der Waals surface area contributed by atoms with Crippen LogP contribution in [0.3, 0.4) is 0 Å². The van der Waals surface area contributed by atoms with Gasteiger partial charge in [0.2, 0.25) is 0 Å². The lowest BCUT2D eigenvalue weighted by Gasteiger charge is -2.09. The van der Waals surface area contributed by atoms with Crippen LogP contribution in [0.4, 0.5) is 0 Å². The summed E-state index contributed by atoms with van der Waals surface area (Å²) in [5, 5.41) is 0. The lowest BCUT2D eigenvalue weighted by molar-refractivity contribution is 0.116. The Hall–Kier alpha value is -1.00. The summed E-state index contributed by atoms with van der Waals surface area (Å²) in [5.41, 5.74) is 7.71. The molecular weight excluding hydrogens is 190 g/mol. The molecule has 1 aromatic rings. The van der Waals surface area contributed by atoms with E-state index in [-0.39, 0.29) is 6.04 Å². The van der Waals surface area contributed by atoms with Crippen molar-refractivity contribution in [3.8, 4) is 0 Å². The molecule has 1 atom stereocenters. The third-order valence-electron chi connectivity index (χ3n) is 2.14. The van der Waals surface area contributed by atoms with Gasteiger partial charge in [0.1, 0.15) is 6.61 Å². The van der Waals surface area contributed by atoms with E-state index in [9.17, 15) is 0 Å². The average Bonchev–Trinajstić information content (AvgIpc) is 2.17. The van der Waals surface area contributed by atoms with Gasteiger partial charge < -0.3 is 10.5 Å². The first-order valence-electron chi connectivity index (χ1n) is 5.31. The van der Waals surface area contributed by atoms with Crippen molar-refractivity contribution >= 4 is 0 Å². The van der Waals surface area contributed by atoms with Crippen molar-refractivity contribution in [3.63, 3.8) is 0 Å². The fourth-order valence-corrected chi connectivity index (χ4v) is 1.35. The minimum Gasteiger partial charge on any atom is -0.373 e. The molecule has 0 saturated carbocycles. The number of aryl methyl sites for hydroxylation is 1. The minimum absolute atomic E-state index is 0.0180. The van der Waals surface area contributed by atoms with Gasteiger partial charge in [-0.3, -0.25) is 0 Å². The summed E-state index contributed by atoms with van der Waals surface area (Å²) in [4.78, 5) is 8.57. The molecule has 2 N–H and O–H groups in total. The molecule has 0 fully saturated rings. The van der Waals surface area contributed by atoms with Crippen LogP contribution in [0.15, 0.2) is 6.20 Å². The smallest absolute Gasteiger partial charge is 0.154 e. The summed E-state index contributed by atoms with van der Waals surface area (Å²) < 4.78 is 5.37. The van der Waals surface area contributed by atoms with Crippen LogP contribution in [0.5, 0.6) is 0 Å². The first-order chi connectivity index (χ1) is 7.15. The fraction of sp³-hybridized carbons (Fsp3) is 0.636. The Labute approximate surface area is 90.9 Å². The molecule has 0 aliphatic heterocycles. The summed E-state index contributed by atoms with van der Waals surface area (Å²) >= 11 is 0. The number of hydrogen-bond acceptors (Lipinski definition) is 4. The maximum Gasteiger partial charge on any atom is 0.154 e. The standard InChI is InChI=1S/C11H19N3O/c1-4-5-15-7-11-13-6-10(8(2)12)9(3)14-11/h6,8H,4-5,7,12H2,1-3H3/t8-/m1/s1. The number of nitrogens with two attached hydrogens (primary N) is 1. The number of rotatable bonds is 5. The summed E-state index contributed by atoms with van der Waals surface area (Å²) in [5.74, 6) is 0.727. The molecule has 1 heterocycles. The third kappa shape index (κ3) is 3.57. The van der Waals surface area contributed by atoms with Gasteiger partial charge in [-0.05, 0) is 20.3 Å². The molecular formula is C11H19N3O. The molecule has 0 radical (unpaired) electrons. The van der Waals surface area contributed by atoms with E-state index >= 15 is 0 Å². The number of aromatic nitrogens is 2. The van der Waals surface area contributed by atoms with Gasteiger partial charge in [0.25, 0.3) is 0 Å². The lowest BCUT2D eigenvalue weighted by Crippen LogP contribution is -2.11. The molecule has 0 spiro atoms. The molecule has 0 aliphatic rings. The number of hydrogen-bond donors (Lipinski definition) is 1. The van der Waals surface area contributed by atoms with Crippen LogP contribution in [0.25, 0.3) is 0 Å². The van der Waals surface area contributed by atoms with Gasteiger partial charge in [-0.15, -0.1) is 0 Å². The monoisotopic (exact) mass is 209 g/mol. The second-order valence-corrected chi connectivity index (χ2v) is 3.67. The molecule has 84 valence electrons. The lowest BCUT2D eigenvalue weighted by atomic mass is 10.1. The summed E-state index contributed by atoms with van der Waals surface area (Å²) in [6.07, 6.45) is 2.80. The van der Waals surface area contributed by atoms with Crippen molar-refractivity contribution in [1.29, 1.82) is 0 Å². The SMILES string of the molecule is CCCOCc1ncc([C@@H](C)N)c(C)n1. The quantitative estimate of drug-likeness (QED) is 0.750. The normalized spacial score (nSPS) is 12.8. The topological polar surface area (TPSA) is 61.0 Å². The fourth-order valence-electron chi connectivity index (χ4n) is 1.35. The molecule has 0 saturated heterocycles. The van der Waals surface area contributed by atoms with E-state index in [0.29, 0.717) is 6.61 Å². The Kier molecular flexibility index (Phi) is 4.65. The van der Waals surface area contributed by atoms with Crippen molar-refractivity contribution in [2.75, 3.05) is 6.61 Å². The zero-order valence-electron chi connectivity index (χ0n) is 9.66. The second-order valence-electron chi connectivity index (χ2n) is 3.67. The number of nitrogens with zero attached hydrogens (tertiary/aromatic N) is 2. The van der Waals surface area contributed by atoms with Crippen molar-refractivity contribution in [3.05, 3.63) is 23.3 Å². The predicted molar refractivity (Wildman–Crippen MR) is 59.3 cm³/mol. The van der Waals surface area contributed by atoms with Gasteiger partial charge in [0.05, 0.1) is 0 Å². The summed E-state index contributed by atoms with van der Waals surface area (Å²) in [7, 11) is 0. The van der Waals surface area contributed by atoms with Crippen LogP contribution in [-0.2, 0) is 11.3 Å². The minimum atomic E-state index is -0.0180. The largest absolute Gasteiger partial charge is 0.373 e. The molecule has 0 bridgehead atoms. The molecule has 4 heteroatoms. The maximum atomic E-state index is 5.78. The summed E-state index contributed by atoms with van der Waals surface area (Å²) in [6.45, 7) is 7.18. The Morgan fingerprint density at radius 3 is 2.80 bits per heavy atom. The van der Waals surface area contributed by atoms with Crippen molar-refractivity contribution in [2.45, 2.75) is 39.8 Å². The zero-order valence-corrected chi connectivity index (χ0v) is 9.66. The highest BCUT2D eigenvalue weighted by atomic mass is 16.5. The Morgan fingerprint density at radius 1 is 1.53 bits per heavy atom. The van der Waals surface area contributed by atoms with E-state index in [0.717, 1.165) is 30.1 Å². The Balaban J connectivity index is 2.65. The van der Waals surface area contributed by atoms with Gasteiger partial charge in [0.15, 0.2) is 5.82 Å². The van der Waals surface area contributed by atoms with Gasteiger partial charge in [-0.1, -0.05) is 6.92 Å². The highest BCUT2D eigenvalue weighted by molar-refractivity contribution is 5.19. The molecule has 4 nitrogen and oxygen atoms in total.